The first kappa shape index (κ1) is 19.3. The molecular formula is C24H24FN7. The summed E-state index contributed by atoms with van der Waals surface area (Å²) in [6, 6.07) is 8.26. The van der Waals surface area contributed by atoms with Crippen LogP contribution in [0.2, 0.25) is 0 Å². The lowest BCUT2D eigenvalue weighted by atomic mass is 9.98. The number of hydrogen-bond donors (Lipinski definition) is 1. The summed E-state index contributed by atoms with van der Waals surface area (Å²) in [5.41, 5.74) is 4.84. The number of alkyl halides is 1. The van der Waals surface area contributed by atoms with Gasteiger partial charge >= 0.3 is 0 Å². The maximum atomic E-state index is 14.9. The molecule has 162 valence electrons. The number of aryl methyl sites for hydroxylation is 1. The highest BCUT2D eigenvalue weighted by Gasteiger charge is 2.43. The molecule has 32 heavy (non-hydrogen) atoms. The van der Waals surface area contributed by atoms with Gasteiger partial charge in [-0.3, -0.25) is 9.36 Å². The first-order chi connectivity index (χ1) is 15.6. The van der Waals surface area contributed by atoms with Gasteiger partial charge in [-0.25, -0.2) is 14.4 Å². The first-order valence-corrected chi connectivity index (χ1v) is 11.0. The van der Waals surface area contributed by atoms with Gasteiger partial charge in [-0.2, -0.15) is 10.2 Å². The number of halogens is 1. The van der Waals surface area contributed by atoms with Crippen LogP contribution in [-0.4, -0.2) is 47.8 Å². The number of rotatable bonds is 4. The van der Waals surface area contributed by atoms with E-state index >= 15 is 0 Å². The quantitative estimate of drug-likeness (QED) is 0.534. The van der Waals surface area contributed by atoms with Crippen molar-refractivity contribution in [2.45, 2.75) is 43.6 Å². The van der Waals surface area contributed by atoms with E-state index in [0.29, 0.717) is 11.9 Å². The van der Waals surface area contributed by atoms with E-state index in [2.05, 4.69) is 31.5 Å². The van der Waals surface area contributed by atoms with Gasteiger partial charge in [-0.1, -0.05) is 18.2 Å². The molecule has 3 aromatic heterocycles. The average Bonchev–Trinajstić information content (AvgIpc) is 3.57. The minimum absolute atomic E-state index is 0.0450. The molecule has 0 spiro atoms. The van der Waals surface area contributed by atoms with E-state index in [0.717, 1.165) is 47.1 Å². The van der Waals surface area contributed by atoms with Crippen LogP contribution in [-0.2, 0) is 7.05 Å². The van der Waals surface area contributed by atoms with E-state index in [4.69, 9.17) is 0 Å². The molecule has 2 bridgehead atoms. The van der Waals surface area contributed by atoms with Gasteiger partial charge in [0.05, 0.1) is 18.4 Å². The van der Waals surface area contributed by atoms with Crippen LogP contribution in [0.15, 0.2) is 61.4 Å². The average molecular weight is 430 g/mol. The normalized spacial score (nSPS) is 24.7. The monoisotopic (exact) mass is 429 g/mol. The first-order valence-electron chi connectivity index (χ1n) is 11.0. The summed E-state index contributed by atoms with van der Waals surface area (Å²) in [5, 5.41) is 12.1. The SMILES string of the molecule is Cn1cc(-c2cccc(-c3ncc(-c4cnn(C5CC6CCC(N6)C5F)c4)cn3)c2)cn1. The van der Waals surface area contributed by atoms with Crippen molar-refractivity contribution in [1.82, 2.24) is 34.8 Å². The molecule has 8 heteroatoms. The largest absolute Gasteiger partial charge is 0.308 e. The fourth-order valence-corrected chi connectivity index (χ4v) is 4.93. The smallest absolute Gasteiger partial charge is 0.159 e. The van der Waals surface area contributed by atoms with E-state index in [9.17, 15) is 4.39 Å². The molecule has 5 heterocycles. The zero-order valence-corrected chi connectivity index (χ0v) is 17.8. The molecule has 4 aromatic rings. The minimum atomic E-state index is -0.910. The molecule has 2 aliphatic heterocycles. The molecule has 1 aromatic carbocycles. The van der Waals surface area contributed by atoms with Crippen molar-refractivity contribution < 1.29 is 4.39 Å². The summed E-state index contributed by atoms with van der Waals surface area (Å²) in [5.74, 6) is 0.658. The standard InChI is InChI=1S/C24H24FN7/c1-31-13-18(11-28-31)15-3-2-4-16(7-15)24-26-9-17(10-27-24)19-12-29-32(14-19)22-8-20-5-6-21(30-20)23(22)25/h2-4,7,9-14,20-23,30H,5-6,8H2,1H3. The molecule has 1 N–H and O–H groups in total. The lowest BCUT2D eigenvalue weighted by Gasteiger charge is -2.32. The topological polar surface area (TPSA) is 73.5 Å². The second-order valence-electron chi connectivity index (χ2n) is 8.78. The van der Waals surface area contributed by atoms with Crippen LogP contribution in [0.5, 0.6) is 0 Å². The molecule has 2 aliphatic rings. The minimum Gasteiger partial charge on any atom is -0.308 e. The predicted octanol–water partition coefficient (Wildman–Crippen LogP) is 3.81. The third kappa shape index (κ3) is 3.40. The number of benzene rings is 1. The summed E-state index contributed by atoms with van der Waals surface area (Å²) in [7, 11) is 1.90. The van der Waals surface area contributed by atoms with Crippen molar-refractivity contribution in [3.8, 4) is 33.6 Å². The maximum Gasteiger partial charge on any atom is 0.159 e. The predicted molar refractivity (Wildman–Crippen MR) is 119 cm³/mol. The molecule has 7 nitrogen and oxygen atoms in total. The Morgan fingerprint density at radius 3 is 2.50 bits per heavy atom. The summed E-state index contributed by atoms with van der Waals surface area (Å²) < 4.78 is 18.5. The third-order valence-electron chi connectivity index (χ3n) is 6.64. The molecule has 0 saturated carbocycles. The summed E-state index contributed by atoms with van der Waals surface area (Å²) in [6.07, 6.45) is 13.0. The Hall–Kier alpha value is -3.39. The van der Waals surface area contributed by atoms with Crippen molar-refractivity contribution in [2.75, 3.05) is 0 Å². The van der Waals surface area contributed by atoms with E-state index in [1.807, 2.05) is 43.8 Å². The Bertz CT molecular complexity index is 1250. The lowest BCUT2D eigenvalue weighted by molar-refractivity contribution is 0.129. The van der Waals surface area contributed by atoms with Crippen LogP contribution < -0.4 is 5.32 Å². The Morgan fingerprint density at radius 1 is 0.906 bits per heavy atom. The highest BCUT2D eigenvalue weighted by Crippen LogP contribution is 2.36. The van der Waals surface area contributed by atoms with Crippen molar-refractivity contribution in [3.05, 3.63) is 61.4 Å². The highest BCUT2D eigenvalue weighted by atomic mass is 19.1. The van der Waals surface area contributed by atoms with Crippen molar-refractivity contribution in [2.24, 2.45) is 7.05 Å². The fraction of sp³-hybridized carbons (Fsp3) is 0.333. The number of hydrogen-bond acceptors (Lipinski definition) is 5. The van der Waals surface area contributed by atoms with E-state index in [-0.39, 0.29) is 12.1 Å². The van der Waals surface area contributed by atoms with Gasteiger partial charge in [0.25, 0.3) is 0 Å². The third-order valence-corrected chi connectivity index (χ3v) is 6.64. The zero-order chi connectivity index (χ0) is 21.7. The van der Waals surface area contributed by atoms with Gasteiger partial charge in [0.1, 0.15) is 6.17 Å². The molecule has 0 aliphatic carbocycles. The number of fused-ring (bicyclic) bond motifs is 2. The molecule has 0 amide bonds. The molecular weight excluding hydrogens is 405 g/mol. The van der Waals surface area contributed by atoms with Crippen LogP contribution >= 0.6 is 0 Å². The van der Waals surface area contributed by atoms with Crippen molar-refractivity contribution in [3.63, 3.8) is 0 Å². The van der Waals surface area contributed by atoms with Crippen LogP contribution in [0.3, 0.4) is 0 Å². The molecule has 4 unspecified atom stereocenters. The fourth-order valence-electron chi connectivity index (χ4n) is 4.93. The maximum absolute atomic E-state index is 14.9. The number of nitrogens with one attached hydrogen (secondary N) is 1. The van der Waals surface area contributed by atoms with Gasteiger partial charge in [0.15, 0.2) is 5.82 Å². The van der Waals surface area contributed by atoms with Crippen molar-refractivity contribution in [1.29, 1.82) is 0 Å². The number of piperidine rings is 1. The van der Waals surface area contributed by atoms with Gasteiger partial charge in [0.2, 0.25) is 0 Å². The van der Waals surface area contributed by atoms with Crippen molar-refractivity contribution >= 4 is 0 Å². The summed E-state index contributed by atoms with van der Waals surface area (Å²) in [4.78, 5) is 9.17. The zero-order valence-electron chi connectivity index (χ0n) is 17.8. The Kier molecular flexibility index (Phi) is 4.61. The van der Waals surface area contributed by atoms with E-state index in [1.165, 1.54) is 0 Å². The van der Waals surface area contributed by atoms with Crippen LogP contribution in [0.4, 0.5) is 4.39 Å². The second kappa shape index (κ2) is 7.63. The Balaban J connectivity index is 1.23. The van der Waals surface area contributed by atoms with Gasteiger partial charge in [0, 0.05) is 66.2 Å². The molecule has 0 radical (unpaired) electrons. The molecule has 4 atom stereocenters. The Morgan fingerprint density at radius 2 is 1.69 bits per heavy atom. The van der Waals surface area contributed by atoms with Crippen LogP contribution in [0.25, 0.3) is 33.6 Å². The van der Waals surface area contributed by atoms with Crippen LogP contribution in [0.1, 0.15) is 25.3 Å². The van der Waals surface area contributed by atoms with Gasteiger partial charge < -0.3 is 5.32 Å². The number of aromatic nitrogens is 6. The van der Waals surface area contributed by atoms with E-state index < -0.39 is 6.17 Å². The van der Waals surface area contributed by atoms with Gasteiger partial charge in [-0.05, 0) is 30.9 Å². The lowest BCUT2D eigenvalue weighted by Crippen LogP contribution is -2.47. The van der Waals surface area contributed by atoms with Crippen LogP contribution in [0, 0.1) is 0 Å². The highest BCUT2D eigenvalue weighted by molar-refractivity contribution is 5.70. The number of nitrogens with zero attached hydrogens (tertiary/aromatic N) is 6. The molecule has 6 rings (SSSR count). The van der Waals surface area contributed by atoms with E-state index in [1.54, 1.807) is 28.0 Å². The summed E-state index contributed by atoms with van der Waals surface area (Å²) in [6.45, 7) is 0. The summed E-state index contributed by atoms with van der Waals surface area (Å²) >= 11 is 0. The second-order valence-corrected chi connectivity index (χ2v) is 8.78. The molecule has 2 saturated heterocycles. The molecule has 2 fully saturated rings. The Labute approximate surface area is 185 Å². The van der Waals surface area contributed by atoms with Gasteiger partial charge in [-0.15, -0.1) is 0 Å².